The van der Waals surface area contributed by atoms with E-state index in [2.05, 4.69) is 5.32 Å². The molecule has 0 aliphatic rings. The second-order valence-corrected chi connectivity index (χ2v) is 6.35. The summed E-state index contributed by atoms with van der Waals surface area (Å²) in [4.78, 5) is 23.8. The zero-order valence-electron chi connectivity index (χ0n) is 13.8. The molecule has 0 bridgehead atoms. The van der Waals surface area contributed by atoms with Crippen molar-refractivity contribution in [2.24, 2.45) is 0 Å². The lowest BCUT2D eigenvalue weighted by Crippen LogP contribution is -2.21. The lowest BCUT2D eigenvalue weighted by Gasteiger charge is -2.10. The van der Waals surface area contributed by atoms with Gasteiger partial charge >= 0.3 is 11.5 Å². The number of aryl methyl sites for hydroxylation is 1. The molecule has 0 saturated heterocycles. The fourth-order valence-corrected chi connectivity index (χ4v) is 2.68. The number of hydrogen-bond donors (Lipinski definition) is 1. The van der Waals surface area contributed by atoms with Crippen LogP contribution in [0, 0.1) is 0 Å². The van der Waals surface area contributed by atoms with Gasteiger partial charge in [-0.2, -0.15) is 13.2 Å². The maximum atomic E-state index is 12.3. The average molecular weight is 383 g/mol. The van der Waals surface area contributed by atoms with E-state index in [0.29, 0.717) is 5.69 Å². The summed E-state index contributed by atoms with van der Waals surface area (Å²) in [5.41, 5.74) is -2.73. The van der Waals surface area contributed by atoms with Crippen LogP contribution in [0.1, 0.15) is 22.8 Å². The fourth-order valence-electron chi connectivity index (χ4n) is 2.14. The Balaban J connectivity index is 1.88. The van der Waals surface area contributed by atoms with E-state index in [1.807, 2.05) is 19.1 Å². The predicted molar refractivity (Wildman–Crippen MR) is 93.1 cm³/mol. The number of rotatable bonds is 6. The van der Waals surface area contributed by atoms with E-state index in [0.717, 1.165) is 12.0 Å². The lowest BCUT2D eigenvalue weighted by molar-refractivity contribution is -0.119. The van der Waals surface area contributed by atoms with Crippen LogP contribution < -0.4 is 5.32 Å². The molecule has 26 heavy (non-hydrogen) atoms. The van der Waals surface area contributed by atoms with Crippen LogP contribution in [0.2, 0.25) is 0 Å². The number of hydrogen-bond acceptors (Lipinski definition) is 4. The highest BCUT2D eigenvalue weighted by molar-refractivity contribution is 8.00. The van der Waals surface area contributed by atoms with E-state index in [-0.39, 0.29) is 22.2 Å². The Morgan fingerprint density at radius 2 is 1.73 bits per heavy atom. The van der Waals surface area contributed by atoms with Crippen molar-refractivity contribution in [3.8, 4) is 0 Å². The number of esters is 1. The molecule has 0 heterocycles. The number of nitrogens with one attached hydrogen (secondary N) is 1. The molecule has 1 N–H and O–H groups in total. The van der Waals surface area contributed by atoms with E-state index < -0.39 is 24.0 Å². The standard InChI is InChI=1S/C18H16F3NO3S/c1-2-12-5-3-4-6-15(12)22-16(23)11-25-17(24)13-7-9-14(10-8-13)26-18(19,20)21/h3-10H,2,11H2,1H3,(H,22,23). The molecule has 0 fully saturated rings. The molecule has 0 saturated carbocycles. The number of anilines is 1. The third kappa shape index (κ3) is 6.11. The number of para-hydroxylation sites is 1. The Bertz CT molecular complexity index is 776. The molecular formula is C18H16F3NO3S. The Labute approximate surface area is 152 Å². The van der Waals surface area contributed by atoms with Crippen LogP contribution in [0.4, 0.5) is 18.9 Å². The van der Waals surface area contributed by atoms with Gasteiger partial charge in [-0.25, -0.2) is 4.79 Å². The summed E-state index contributed by atoms with van der Waals surface area (Å²) in [6.07, 6.45) is 0.735. The summed E-state index contributed by atoms with van der Waals surface area (Å²) in [7, 11) is 0. The monoisotopic (exact) mass is 383 g/mol. The minimum atomic E-state index is -4.39. The van der Waals surface area contributed by atoms with E-state index in [4.69, 9.17) is 4.74 Å². The van der Waals surface area contributed by atoms with Gasteiger partial charge in [0.1, 0.15) is 0 Å². The van der Waals surface area contributed by atoms with Crippen LogP contribution in [0.25, 0.3) is 0 Å². The first kappa shape index (κ1) is 19.8. The van der Waals surface area contributed by atoms with Gasteiger partial charge in [0.25, 0.3) is 5.91 Å². The molecule has 0 aromatic heterocycles. The second kappa shape index (κ2) is 8.75. The first-order valence-corrected chi connectivity index (χ1v) is 8.51. The van der Waals surface area contributed by atoms with Crippen molar-refractivity contribution in [2.45, 2.75) is 23.7 Å². The highest BCUT2D eigenvalue weighted by atomic mass is 32.2. The van der Waals surface area contributed by atoms with Gasteiger partial charge in [-0.15, -0.1) is 0 Å². The molecule has 2 rings (SSSR count). The maximum Gasteiger partial charge on any atom is 0.446 e. The molecule has 4 nitrogen and oxygen atoms in total. The van der Waals surface area contributed by atoms with Crippen LogP contribution in [-0.2, 0) is 16.0 Å². The van der Waals surface area contributed by atoms with Crippen molar-refractivity contribution >= 4 is 29.3 Å². The zero-order valence-corrected chi connectivity index (χ0v) is 14.6. The van der Waals surface area contributed by atoms with Gasteiger partial charge in [0.05, 0.1) is 5.56 Å². The molecule has 0 aliphatic carbocycles. The van der Waals surface area contributed by atoms with E-state index in [1.54, 1.807) is 12.1 Å². The van der Waals surface area contributed by atoms with Gasteiger partial charge < -0.3 is 10.1 Å². The molecule has 2 aromatic rings. The fraction of sp³-hybridized carbons (Fsp3) is 0.222. The smallest absolute Gasteiger partial charge is 0.446 e. The molecular weight excluding hydrogens is 367 g/mol. The Kier molecular flexibility index (Phi) is 6.68. The van der Waals surface area contributed by atoms with Crippen molar-refractivity contribution in [3.63, 3.8) is 0 Å². The van der Waals surface area contributed by atoms with Gasteiger partial charge in [0.2, 0.25) is 0 Å². The average Bonchev–Trinajstić information content (AvgIpc) is 2.59. The van der Waals surface area contributed by atoms with Crippen molar-refractivity contribution in [2.75, 3.05) is 11.9 Å². The third-order valence-corrected chi connectivity index (χ3v) is 4.07. The maximum absolute atomic E-state index is 12.3. The number of amides is 1. The molecule has 1 amide bonds. The predicted octanol–water partition coefficient (Wildman–Crippen LogP) is 4.66. The largest absolute Gasteiger partial charge is 0.452 e. The SMILES string of the molecule is CCc1ccccc1NC(=O)COC(=O)c1ccc(SC(F)(F)F)cc1. The van der Waals surface area contributed by atoms with Gasteiger partial charge in [-0.3, -0.25) is 4.79 Å². The molecule has 0 unspecified atom stereocenters. The normalized spacial score (nSPS) is 11.1. The highest BCUT2D eigenvalue weighted by Gasteiger charge is 2.29. The summed E-state index contributed by atoms with van der Waals surface area (Å²) in [6, 6.07) is 12.0. The quantitative estimate of drug-likeness (QED) is 0.582. The Hall–Kier alpha value is -2.48. The van der Waals surface area contributed by atoms with Gasteiger partial charge in [0, 0.05) is 10.6 Å². The minimum Gasteiger partial charge on any atom is -0.452 e. The van der Waals surface area contributed by atoms with Crippen LogP contribution >= 0.6 is 11.8 Å². The van der Waals surface area contributed by atoms with E-state index in [9.17, 15) is 22.8 Å². The number of carbonyl (C=O) groups excluding carboxylic acids is 2. The molecule has 0 atom stereocenters. The number of carbonyl (C=O) groups is 2. The van der Waals surface area contributed by atoms with Crippen molar-refractivity contribution in [1.29, 1.82) is 0 Å². The third-order valence-electron chi connectivity index (χ3n) is 3.33. The van der Waals surface area contributed by atoms with Crippen LogP contribution in [0.5, 0.6) is 0 Å². The van der Waals surface area contributed by atoms with E-state index >= 15 is 0 Å². The minimum absolute atomic E-state index is 0.0389. The topological polar surface area (TPSA) is 55.4 Å². The summed E-state index contributed by atoms with van der Waals surface area (Å²) in [5.74, 6) is -1.28. The molecule has 0 spiro atoms. The number of ether oxygens (including phenoxy) is 1. The van der Waals surface area contributed by atoms with Crippen molar-refractivity contribution in [1.82, 2.24) is 0 Å². The zero-order chi connectivity index (χ0) is 19.2. The first-order chi connectivity index (χ1) is 12.3. The van der Waals surface area contributed by atoms with Gasteiger partial charge in [0.15, 0.2) is 6.61 Å². The molecule has 0 aliphatic heterocycles. The van der Waals surface area contributed by atoms with Crippen LogP contribution in [0.15, 0.2) is 53.4 Å². The molecule has 0 radical (unpaired) electrons. The van der Waals surface area contributed by atoms with Crippen molar-refractivity contribution < 1.29 is 27.5 Å². The number of alkyl halides is 3. The van der Waals surface area contributed by atoms with Crippen molar-refractivity contribution in [3.05, 3.63) is 59.7 Å². The van der Waals surface area contributed by atoms with Crippen LogP contribution in [0.3, 0.4) is 0 Å². The molecule has 8 heteroatoms. The Morgan fingerprint density at radius 3 is 2.35 bits per heavy atom. The molecule has 138 valence electrons. The first-order valence-electron chi connectivity index (χ1n) is 7.69. The number of halogens is 3. The highest BCUT2D eigenvalue weighted by Crippen LogP contribution is 2.36. The van der Waals surface area contributed by atoms with Gasteiger partial charge in [-0.1, -0.05) is 25.1 Å². The summed E-state index contributed by atoms with van der Waals surface area (Å²) >= 11 is -0.272. The number of thioether (sulfide) groups is 1. The molecule has 2 aromatic carbocycles. The Morgan fingerprint density at radius 1 is 1.08 bits per heavy atom. The van der Waals surface area contributed by atoms with Gasteiger partial charge in [-0.05, 0) is 54.1 Å². The summed E-state index contributed by atoms with van der Waals surface area (Å²) in [6.45, 7) is 1.46. The lowest BCUT2D eigenvalue weighted by atomic mass is 10.1. The summed E-state index contributed by atoms with van der Waals surface area (Å²) in [5, 5.41) is 2.66. The van der Waals surface area contributed by atoms with Crippen LogP contribution in [-0.4, -0.2) is 24.0 Å². The second-order valence-electron chi connectivity index (χ2n) is 5.21. The summed E-state index contributed by atoms with van der Waals surface area (Å²) < 4.78 is 41.7. The van der Waals surface area contributed by atoms with E-state index in [1.165, 1.54) is 24.3 Å². The number of benzene rings is 2.